The third kappa shape index (κ3) is 3.79. The van der Waals surface area contributed by atoms with Crippen molar-refractivity contribution in [1.29, 1.82) is 0 Å². The number of benzene rings is 2. The Morgan fingerprint density at radius 1 is 1.05 bits per heavy atom. The molecular weight excluding hydrogens is 234 g/mol. The highest BCUT2D eigenvalue weighted by atomic mass is 16.3. The molecule has 0 saturated heterocycles. The van der Waals surface area contributed by atoms with Gasteiger partial charge >= 0.3 is 0 Å². The van der Waals surface area contributed by atoms with Gasteiger partial charge in [0.1, 0.15) is 0 Å². The largest absolute Gasteiger partial charge is 0.395 e. The van der Waals surface area contributed by atoms with E-state index < -0.39 is 0 Å². The van der Waals surface area contributed by atoms with Crippen LogP contribution >= 0.6 is 0 Å². The monoisotopic (exact) mass is 257 g/mol. The summed E-state index contributed by atoms with van der Waals surface area (Å²) >= 11 is 0. The van der Waals surface area contributed by atoms with Crippen LogP contribution in [-0.2, 0) is 6.54 Å². The standard InChI is InChI=1S/C17H23NO/c1-13(2)10-16(12-19)18-11-15-8-5-7-14-6-3-4-9-17(14)15/h3-9,13,16,18-19H,10-12H2,1-2H3. The Balaban J connectivity index is 2.09. The van der Waals surface area contributed by atoms with E-state index in [1.54, 1.807) is 0 Å². The predicted molar refractivity (Wildman–Crippen MR) is 81.1 cm³/mol. The number of aliphatic hydroxyl groups is 1. The Morgan fingerprint density at radius 2 is 1.79 bits per heavy atom. The quantitative estimate of drug-likeness (QED) is 0.832. The summed E-state index contributed by atoms with van der Waals surface area (Å²) in [6, 6.07) is 15.0. The fourth-order valence-corrected chi connectivity index (χ4v) is 2.49. The Kier molecular flexibility index (Phi) is 4.94. The maximum Gasteiger partial charge on any atom is 0.0584 e. The molecule has 2 N–H and O–H groups in total. The number of hydrogen-bond acceptors (Lipinski definition) is 2. The third-order valence-electron chi connectivity index (χ3n) is 3.44. The van der Waals surface area contributed by atoms with E-state index in [1.807, 2.05) is 0 Å². The number of aliphatic hydroxyl groups excluding tert-OH is 1. The molecule has 0 amide bonds. The average molecular weight is 257 g/mol. The van der Waals surface area contributed by atoms with E-state index in [2.05, 4.69) is 61.6 Å². The van der Waals surface area contributed by atoms with Crippen molar-refractivity contribution in [2.24, 2.45) is 5.92 Å². The highest BCUT2D eigenvalue weighted by Gasteiger charge is 2.09. The van der Waals surface area contributed by atoms with Crippen LogP contribution in [0.1, 0.15) is 25.8 Å². The summed E-state index contributed by atoms with van der Waals surface area (Å²) in [4.78, 5) is 0. The lowest BCUT2D eigenvalue weighted by molar-refractivity contribution is 0.223. The van der Waals surface area contributed by atoms with Crippen LogP contribution in [0.15, 0.2) is 42.5 Å². The number of rotatable bonds is 6. The van der Waals surface area contributed by atoms with Crippen molar-refractivity contribution in [2.45, 2.75) is 32.9 Å². The van der Waals surface area contributed by atoms with Crippen molar-refractivity contribution in [3.8, 4) is 0 Å². The minimum Gasteiger partial charge on any atom is -0.395 e. The fourth-order valence-electron chi connectivity index (χ4n) is 2.49. The van der Waals surface area contributed by atoms with Gasteiger partial charge in [-0.1, -0.05) is 56.3 Å². The van der Waals surface area contributed by atoms with Gasteiger partial charge in [0.25, 0.3) is 0 Å². The van der Waals surface area contributed by atoms with Crippen LogP contribution in [0.2, 0.25) is 0 Å². The van der Waals surface area contributed by atoms with E-state index in [0.29, 0.717) is 5.92 Å². The van der Waals surface area contributed by atoms with Gasteiger partial charge in [0.2, 0.25) is 0 Å². The Labute approximate surface area is 115 Å². The predicted octanol–water partition coefficient (Wildman–Crippen LogP) is 3.34. The molecule has 0 aliphatic rings. The zero-order valence-electron chi connectivity index (χ0n) is 11.8. The maximum absolute atomic E-state index is 9.40. The van der Waals surface area contributed by atoms with Crippen LogP contribution in [-0.4, -0.2) is 17.8 Å². The first kappa shape index (κ1) is 14.0. The molecule has 2 rings (SSSR count). The summed E-state index contributed by atoms with van der Waals surface area (Å²) in [7, 11) is 0. The van der Waals surface area contributed by atoms with Gasteiger partial charge in [-0.2, -0.15) is 0 Å². The van der Waals surface area contributed by atoms with Crippen LogP contribution in [0, 0.1) is 5.92 Å². The van der Waals surface area contributed by atoms with Gasteiger partial charge in [0, 0.05) is 12.6 Å². The molecule has 0 aromatic heterocycles. The van der Waals surface area contributed by atoms with Crippen molar-refractivity contribution in [2.75, 3.05) is 6.61 Å². The molecule has 102 valence electrons. The Morgan fingerprint density at radius 3 is 2.53 bits per heavy atom. The van der Waals surface area contributed by atoms with E-state index in [4.69, 9.17) is 0 Å². The molecule has 1 atom stereocenters. The second-order valence-electron chi connectivity index (χ2n) is 5.53. The summed E-state index contributed by atoms with van der Waals surface area (Å²) < 4.78 is 0. The summed E-state index contributed by atoms with van der Waals surface area (Å²) in [5.41, 5.74) is 1.29. The molecule has 0 bridgehead atoms. The van der Waals surface area contributed by atoms with Gasteiger partial charge in [-0.25, -0.2) is 0 Å². The first-order valence-electron chi connectivity index (χ1n) is 7.01. The number of hydrogen-bond donors (Lipinski definition) is 2. The summed E-state index contributed by atoms with van der Waals surface area (Å²) in [5, 5.41) is 15.4. The molecule has 0 saturated carbocycles. The first-order chi connectivity index (χ1) is 9.20. The van der Waals surface area contributed by atoms with Crippen LogP contribution in [0.25, 0.3) is 10.8 Å². The zero-order chi connectivity index (χ0) is 13.7. The molecule has 19 heavy (non-hydrogen) atoms. The summed E-state index contributed by atoms with van der Waals surface area (Å²) in [6.45, 7) is 5.37. The molecule has 0 radical (unpaired) electrons. The molecule has 0 fully saturated rings. The molecule has 0 aliphatic heterocycles. The fraction of sp³-hybridized carbons (Fsp3) is 0.412. The molecule has 0 aliphatic carbocycles. The van der Waals surface area contributed by atoms with Gasteiger partial charge in [0.15, 0.2) is 0 Å². The first-order valence-corrected chi connectivity index (χ1v) is 7.01. The number of fused-ring (bicyclic) bond motifs is 1. The molecule has 2 heteroatoms. The van der Waals surface area contributed by atoms with Gasteiger partial charge in [-0.15, -0.1) is 0 Å². The van der Waals surface area contributed by atoms with Crippen molar-refractivity contribution >= 4 is 10.8 Å². The van der Waals surface area contributed by atoms with Gasteiger partial charge in [-0.3, -0.25) is 0 Å². The van der Waals surface area contributed by atoms with E-state index in [0.717, 1.165) is 13.0 Å². The third-order valence-corrected chi connectivity index (χ3v) is 3.44. The second-order valence-corrected chi connectivity index (χ2v) is 5.53. The molecule has 2 nitrogen and oxygen atoms in total. The lowest BCUT2D eigenvalue weighted by Gasteiger charge is -2.19. The minimum absolute atomic E-state index is 0.180. The zero-order valence-corrected chi connectivity index (χ0v) is 11.8. The minimum atomic E-state index is 0.180. The highest BCUT2D eigenvalue weighted by Crippen LogP contribution is 2.18. The maximum atomic E-state index is 9.40. The lowest BCUT2D eigenvalue weighted by Crippen LogP contribution is -2.33. The SMILES string of the molecule is CC(C)CC(CO)NCc1cccc2ccccc12. The molecule has 0 heterocycles. The molecule has 1 unspecified atom stereocenters. The highest BCUT2D eigenvalue weighted by molar-refractivity contribution is 5.85. The molecule has 2 aromatic carbocycles. The van der Waals surface area contributed by atoms with E-state index in [9.17, 15) is 5.11 Å². The normalized spacial score (nSPS) is 13.1. The molecule has 0 spiro atoms. The van der Waals surface area contributed by atoms with Crippen molar-refractivity contribution < 1.29 is 5.11 Å². The van der Waals surface area contributed by atoms with Gasteiger partial charge in [-0.05, 0) is 28.7 Å². The van der Waals surface area contributed by atoms with Crippen molar-refractivity contribution in [1.82, 2.24) is 5.32 Å². The van der Waals surface area contributed by atoms with Crippen LogP contribution in [0.4, 0.5) is 0 Å². The van der Waals surface area contributed by atoms with Gasteiger partial charge < -0.3 is 10.4 Å². The Bertz CT molecular complexity index is 516. The number of nitrogens with one attached hydrogen (secondary N) is 1. The van der Waals surface area contributed by atoms with Crippen molar-refractivity contribution in [3.63, 3.8) is 0 Å². The van der Waals surface area contributed by atoms with Crippen LogP contribution in [0.5, 0.6) is 0 Å². The Hall–Kier alpha value is -1.38. The average Bonchev–Trinajstić information content (AvgIpc) is 2.43. The van der Waals surface area contributed by atoms with Crippen LogP contribution < -0.4 is 5.32 Å². The van der Waals surface area contributed by atoms with E-state index in [1.165, 1.54) is 16.3 Å². The molecular formula is C17H23NO. The van der Waals surface area contributed by atoms with Crippen LogP contribution in [0.3, 0.4) is 0 Å². The van der Waals surface area contributed by atoms with E-state index in [-0.39, 0.29) is 12.6 Å². The smallest absolute Gasteiger partial charge is 0.0584 e. The molecule has 2 aromatic rings. The second kappa shape index (κ2) is 6.69. The summed E-state index contributed by atoms with van der Waals surface area (Å²) in [6.07, 6.45) is 1.00. The lowest BCUT2D eigenvalue weighted by atomic mass is 10.0. The van der Waals surface area contributed by atoms with Gasteiger partial charge in [0.05, 0.1) is 6.61 Å². The summed E-state index contributed by atoms with van der Waals surface area (Å²) in [5.74, 6) is 0.595. The van der Waals surface area contributed by atoms with E-state index >= 15 is 0 Å². The van der Waals surface area contributed by atoms with Crippen molar-refractivity contribution in [3.05, 3.63) is 48.0 Å². The topological polar surface area (TPSA) is 32.3 Å².